The lowest BCUT2D eigenvalue weighted by atomic mass is 9.85. The Kier molecular flexibility index (Phi) is 6.56. The van der Waals surface area contributed by atoms with E-state index in [0.717, 1.165) is 48.0 Å². The summed E-state index contributed by atoms with van der Waals surface area (Å²) in [5.41, 5.74) is 1.94. The fourth-order valence-corrected chi connectivity index (χ4v) is 4.34. The van der Waals surface area contributed by atoms with Crippen LogP contribution in [0.2, 0.25) is 5.02 Å². The maximum atomic E-state index is 12.6. The summed E-state index contributed by atoms with van der Waals surface area (Å²) in [6.45, 7) is 0.510. The third-order valence-corrected chi connectivity index (χ3v) is 6.03. The van der Waals surface area contributed by atoms with E-state index in [4.69, 9.17) is 21.6 Å². The SMILES string of the molecule is CN(C)c1nc(N[C@H]2CC[C@@H](C(=O)NCc3cccc(Cl)c3)CC2)nc2ccccc12. The number of benzene rings is 2. The molecule has 0 spiro atoms. The molecule has 1 aliphatic carbocycles. The van der Waals surface area contributed by atoms with Crippen molar-refractivity contribution in [2.75, 3.05) is 24.3 Å². The van der Waals surface area contributed by atoms with Crippen LogP contribution in [0, 0.1) is 5.92 Å². The number of hydrogen-bond donors (Lipinski definition) is 2. The fraction of sp³-hybridized carbons (Fsp3) is 0.375. The summed E-state index contributed by atoms with van der Waals surface area (Å²) in [5, 5.41) is 8.28. The van der Waals surface area contributed by atoms with Crippen LogP contribution in [0.3, 0.4) is 0 Å². The number of carbonyl (C=O) groups is 1. The zero-order valence-electron chi connectivity index (χ0n) is 17.9. The minimum Gasteiger partial charge on any atom is -0.362 e. The Bertz CT molecular complexity index is 1060. The van der Waals surface area contributed by atoms with E-state index in [-0.39, 0.29) is 17.9 Å². The molecule has 0 radical (unpaired) electrons. The van der Waals surface area contributed by atoms with Crippen molar-refractivity contribution >= 4 is 40.2 Å². The molecule has 2 aromatic carbocycles. The second kappa shape index (κ2) is 9.52. The Labute approximate surface area is 188 Å². The van der Waals surface area contributed by atoms with Gasteiger partial charge in [-0.3, -0.25) is 4.79 Å². The van der Waals surface area contributed by atoms with Gasteiger partial charge in [-0.1, -0.05) is 35.9 Å². The van der Waals surface area contributed by atoms with Gasteiger partial charge in [0.2, 0.25) is 11.9 Å². The van der Waals surface area contributed by atoms with E-state index in [9.17, 15) is 4.79 Å². The van der Waals surface area contributed by atoms with E-state index in [0.29, 0.717) is 17.5 Å². The van der Waals surface area contributed by atoms with Crippen LogP contribution in [0.15, 0.2) is 48.5 Å². The molecule has 7 heteroatoms. The Morgan fingerprint density at radius 2 is 1.84 bits per heavy atom. The standard InChI is InChI=1S/C24H28ClN5O/c1-30(2)22-20-8-3-4-9-21(20)28-24(29-22)27-19-12-10-17(11-13-19)23(31)26-15-16-6-5-7-18(25)14-16/h3-9,14,17,19H,10-13,15H2,1-2H3,(H,26,31)(H,27,28,29)/t17-,19+. The topological polar surface area (TPSA) is 70.2 Å². The van der Waals surface area contributed by atoms with Gasteiger partial charge in [0, 0.05) is 43.0 Å². The van der Waals surface area contributed by atoms with Gasteiger partial charge in [0.1, 0.15) is 5.82 Å². The van der Waals surface area contributed by atoms with E-state index in [2.05, 4.69) is 10.6 Å². The molecule has 1 heterocycles. The van der Waals surface area contributed by atoms with E-state index in [1.807, 2.05) is 67.5 Å². The maximum absolute atomic E-state index is 12.6. The van der Waals surface area contributed by atoms with Crippen molar-refractivity contribution in [3.05, 3.63) is 59.1 Å². The van der Waals surface area contributed by atoms with Crippen LogP contribution < -0.4 is 15.5 Å². The smallest absolute Gasteiger partial charge is 0.225 e. The number of rotatable bonds is 6. The van der Waals surface area contributed by atoms with Crippen LogP contribution >= 0.6 is 11.6 Å². The highest BCUT2D eigenvalue weighted by Crippen LogP contribution is 2.28. The molecule has 1 aliphatic rings. The largest absolute Gasteiger partial charge is 0.362 e. The van der Waals surface area contributed by atoms with E-state index < -0.39 is 0 Å². The van der Waals surface area contributed by atoms with Crippen molar-refractivity contribution in [2.45, 2.75) is 38.3 Å². The molecule has 1 aromatic heterocycles. The van der Waals surface area contributed by atoms with Crippen LogP contribution in [-0.2, 0) is 11.3 Å². The first-order valence-electron chi connectivity index (χ1n) is 10.7. The van der Waals surface area contributed by atoms with Gasteiger partial charge >= 0.3 is 0 Å². The molecule has 0 bridgehead atoms. The summed E-state index contributed by atoms with van der Waals surface area (Å²) in [5.74, 6) is 1.72. The van der Waals surface area contributed by atoms with Crippen molar-refractivity contribution in [3.8, 4) is 0 Å². The highest BCUT2D eigenvalue weighted by atomic mass is 35.5. The van der Waals surface area contributed by atoms with Crippen LogP contribution in [0.4, 0.5) is 11.8 Å². The van der Waals surface area contributed by atoms with E-state index in [1.54, 1.807) is 0 Å². The van der Waals surface area contributed by atoms with Gasteiger partial charge in [-0.2, -0.15) is 4.98 Å². The highest BCUT2D eigenvalue weighted by molar-refractivity contribution is 6.30. The molecule has 0 unspecified atom stereocenters. The first-order chi connectivity index (χ1) is 15.0. The van der Waals surface area contributed by atoms with Crippen LogP contribution in [0.1, 0.15) is 31.2 Å². The monoisotopic (exact) mass is 437 g/mol. The lowest BCUT2D eigenvalue weighted by Gasteiger charge is -2.28. The molecule has 6 nitrogen and oxygen atoms in total. The van der Waals surface area contributed by atoms with Crippen LogP contribution in [0.25, 0.3) is 10.9 Å². The summed E-state index contributed by atoms with van der Waals surface area (Å²) in [6, 6.07) is 15.9. The summed E-state index contributed by atoms with van der Waals surface area (Å²) < 4.78 is 0. The zero-order chi connectivity index (χ0) is 21.8. The number of carbonyl (C=O) groups excluding carboxylic acids is 1. The number of nitrogens with one attached hydrogen (secondary N) is 2. The molecule has 0 aliphatic heterocycles. The average molecular weight is 438 g/mol. The quantitative estimate of drug-likeness (QED) is 0.588. The molecular weight excluding hydrogens is 410 g/mol. The maximum Gasteiger partial charge on any atom is 0.225 e. The zero-order valence-corrected chi connectivity index (χ0v) is 18.7. The van der Waals surface area contributed by atoms with E-state index >= 15 is 0 Å². The van der Waals surface area contributed by atoms with Gasteiger partial charge in [0.05, 0.1) is 5.52 Å². The number of fused-ring (bicyclic) bond motifs is 1. The van der Waals surface area contributed by atoms with Gasteiger partial charge in [0.15, 0.2) is 0 Å². The summed E-state index contributed by atoms with van der Waals surface area (Å²) in [7, 11) is 3.98. The van der Waals surface area contributed by atoms with Crippen molar-refractivity contribution in [1.82, 2.24) is 15.3 Å². The normalized spacial score (nSPS) is 18.5. The summed E-state index contributed by atoms with van der Waals surface area (Å²) >= 11 is 6.02. The molecule has 0 atom stereocenters. The molecule has 3 aromatic rings. The summed E-state index contributed by atoms with van der Waals surface area (Å²) in [6.07, 6.45) is 3.55. The lowest BCUT2D eigenvalue weighted by Crippen LogP contribution is -2.35. The van der Waals surface area contributed by atoms with Crippen molar-refractivity contribution in [2.24, 2.45) is 5.92 Å². The molecule has 1 saturated carbocycles. The molecule has 2 N–H and O–H groups in total. The first-order valence-corrected chi connectivity index (χ1v) is 11.1. The number of amides is 1. The average Bonchev–Trinajstić information content (AvgIpc) is 2.77. The lowest BCUT2D eigenvalue weighted by molar-refractivity contribution is -0.126. The molecule has 1 amide bonds. The van der Waals surface area contributed by atoms with Gasteiger partial charge in [-0.25, -0.2) is 4.98 Å². The van der Waals surface area contributed by atoms with Crippen molar-refractivity contribution < 1.29 is 4.79 Å². The molecule has 0 saturated heterocycles. The summed E-state index contributed by atoms with van der Waals surface area (Å²) in [4.78, 5) is 24.0. The molecule has 4 rings (SSSR count). The molecule has 162 valence electrons. The van der Waals surface area contributed by atoms with Gasteiger partial charge in [-0.05, 0) is 55.5 Å². The van der Waals surface area contributed by atoms with Crippen LogP contribution in [0.5, 0.6) is 0 Å². The second-order valence-corrected chi connectivity index (χ2v) is 8.76. The van der Waals surface area contributed by atoms with Crippen LogP contribution in [-0.4, -0.2) is 36.0 Å². The number of hydrogen-bond acceptors (Lipinski definition) is 5. The number of halogens is 1. The molecule has 1 fully saturated rings. The number of para-hydroxylation sites is 1. The fourth-order valence-electron chi connectivity index (χ4n) is 4.13. The van der Waals surface area contributed by atoms with Gasteiger partial charge in [-0.15, -0.1) is 0 Å². The van der Waals surface area contributed by atoms with Crippen molar-refractivity contribution in [1.29, 1.82) is 0 Å². The Morgan fingerprint density at radius 3 is 2.58 bits per heavy atom. The minimum atomic E-state index is 0.0482. The highest BCUT2D eigenvalue weighted by Gasteiger charge is 2.26. The Balaban J connectivity index is 1.33. The van der Waals surface area contributed by atoms with E-state index in [1.165, 1.54) is 0 Å². The van der Waals surface area contributed by atoms with Gasteiger partial charge < -0.3 is 15.5 Å². The Morgan fingerprint density at radius 1 is 1.06 bits per heavy atom. The number of nitrogens with zero attached hydrogens (tertiary/aromatic N) is 3. The third-order valence-electron chi connectivity index (χ3n) is 5.79. The number of aromatic nitrogens is 2. The molecular formula is C24H28ClN5O. The minimum absolute atomic E-state index is 0.0482. The second-order valence-electron chi connectivity index (χ2n) is 8.32. The molecule has 31 heavy (non-hydrogen) atoms. The first kappa shape index (κ1) is 21.4. The predicted octanol–water partition coefficient (Wildman–Crippen LogP) is 4.64. The third kappa shape index (κ3) is 5.25. The van der Waals surface area contributed by atoms with Gasteiger partial charge in [0.25, 0.3) is 0 Å². The van der Waals surface area contributed by atoms with Crippen molar-refractivity contribution in [3.63, 3.8) is 0 Å². The Hall–Kier alpha value is -2.86. The predicted molar refractivity (Wildman–Crippen MR) is 127 cm³/mol. The number of anilines is 2.